The highest BCUT2D eigenvalue weighted by Gasteiger charge is 2.32. The minimum Gasteiger partial charge on any atom is -0.342 e. The third kappa shape index (κ3) is 2.95. The lowest BCUT2D eigenvalue weighted by molar-refractivity contribution is -0.128. The third-order valence-electron chi connectivity index (χ3n) is 4.11. The predicted molar refractivity (Wildman–Crippen MR) is 90.2 cm³/mol. The van der Waals surface area contributed by atoms with Crippen LogP contribution in [0.25, 0.3) is 11.3 Å². The van der Waals surface area contributed by atoms with E-state index in [0.717, 1.165) is 24.6 Å². The zero-order valence-electron chi connectivity index (χ0n) is 13.6. The van der Waals surface area contributed by atoms with Gasteiger partial charge in [-0.1, -0.05) is 13.8 Å². The van der Waals surface area contributed by atoms with E-state index in [1.165, 1.54) is 15.3 Å². The van der Waals surface area contributed by atoms with Gasteiger partial charge in [0.2, 0.25) is 5.91 Å². The van der Waals surface area contributed by atoms with Gasteiger partial charge in [-0.25, -0.2) is 4.98 Å². The van der Waals surface area contributed by atoms with Gasteiger partial charge in [-0.2, -0.15) is 0 Å². The zero-order chi connectivity index (χ0) is 15.9. The number of hydrogen-bond acceptors (Lipinski definition) is 3. The number of H-pyrrole nitrogens is 1. The number of carbonyl (C=O) groups excluding carboxylic acids is 1. The molecule has 2 aromatic heterocycles. The molecule has 0 bridgehead atoms. The van der Waals surface area contributed by atoms with Gasteiger partial charge in [-0.15, -0.1) is 11.3 Å². The number of aromatic amines is 1. The molecular formula is C17H23N3OS. The third-order valence-corrected chi connectivity index (χ3v) is 5.08. The normalized spacial score (nSPS) is 18.7. The van der Waals surface area contributed by atoms with Gasteiger partial charge in [0, 0.05) is 40.7 Å². The summed E-state index contributed by atoms with van der Waals surface area (Å²) in [6.07, 6.45) is 2.47. The first kappa shape index (κ1) is 15.3. The lowest BCUT2D eigenvalue weighted by Crippen LogP contribution is -2.29. The molecule has 4 nitrogen and oxygen atoms in total. The molecule has 0 radical (unpaired) electrons. The largest absolute Gasteiger partial charge is 0.342 e. The molecule has 1 amide bonds. The van der Waals surface area contributed by atoms with Gasteiger partial charge in [0.25, 0.3) is 0 Å². The summed E-state index contributed by atoms with van der Waals surface area (Å²) in [5.41, 5.74) is 2.29. The van der Waals surface area contributed by atoms with Gasteiger partial charge in [-0.05, 0) is 25.8 Å². The Morgan fingerprint density at radius 2 is 2.23 bits per heavy atom. The quantitative estimate of drug-likeness (QED) is 0.934. The number of thiophene rings is 1. The topological polar surface area (TPSA) is 49.0 Å². The highest BCUT2D eigenvalue weighted by molar-refractivity contribution is 7.12. The van der Waals surface area contributed by atoms with E-state index in [1.807, 2.05) is 11.1 Å². The van der Waals surface area contributed by atoms with Gasteiger partial charge in [0.05, 0.1) is 11.9 Å². The number of imidazole rings is 1. The number of aryl methyl sites for hydroxylation is 2. The number of hydrogen-bond donors (Lipinski definition) is 1. The second-order valence-electron chi connectivity index (χ2n) is 6.60. The lowest BCUT2D eigenvalue weighted by atomic mass is 10.1. The van der Waals surface area contributed by atoms with Crippen molar-refractivity contribution in [3.8, 4) is 11.3 Å². The molecular weight excluding hydrogens is 294 g/mol. The summed E-state index contributed by atoms with van der Waals surface area (Å²) < 4.78 is 0. The molecule has 3 rings (SSSR count). The average Bonchev–Trinajstić information content (AvgIpc) is 3.10. The number of nitrogens with zero attached hydrogens (tertiary/aromatic N) is 2. The predicted octanol–water partition coefficient (Wildman–Crippen LogP) is 3.73. The first-order valence-electron chi connectivity index (χ1n) is 7.84. The monoisotopic (exact) mass is 317 g/mol. The van der Waals surface area contributed by atoms with Crippen LogP contribution in [0, 0.1) is 19.8 Å². The molecule has 3 heterocycles. The van der Waals surface area contributed by atoms with Crippen molar-refractivity contribution >= 4 is 17.2 Å². The fourth-order valence-corrected chi connectivity index (χ4v) is 4.09. The summed E-state index contributed by atoms with van der Waals surface area (Å²) in [6, 6.07) is 2.20. The summed E-state index contributed by atoms with van der Waals surface area (Å²) in [6.45, 7) is 10.2. The Kier molecular flexibility index (Phi) is 4.08. The van der Waals surface area contributed by atoms with Crippen LogP contribution >= 0.6 is 11.3 Å². The van der Waals surface area contributed by atoms with E-state index in [4.69, 9.17) is 0 Å². The summed E-state index contributed by atoms with van der Waals surface area (Å²) >= 11 is 1.80. The van der Waals surface area contributed by atoms with Crippen molar-refractivity contribution in [3.05, 3.63) is 27.8 Å². The first-order valence-corrected chi connectivity index (χ1v) is 8.65. The van der Waals surface area contributed by atoms with Crippen LogP contribution in [0.5, 0.6) is 0 Å². The molecule has 0 aliphatic carbocycles. The molecule has 1 N–H and O–H groups in total. The first-order chi connectivity index (χ1) is 10.4. The van der Waals surface area contributed by atoms with E-state index >= 15 is 0 Å². The van der Waals surface area contributed by atoms with Crippen LogP contribution in [0.4, 0.5) is 0 Å². The Bertz CT molecular complexity index is 686. The maximum Gasteiger partial charge on any atom is 0.223 e. The van der Waals surface area contributed by atoms with E-state index in [0.29, 0.717) is 12.3 Å². The molecule has 0 aromatic carbocycles. The van der Waals surface area contributed by atoms with Gasteiger partial charge < -0.3 is 9.88 Å². The molecule has 0 unspecified atom stereocenters. The van der Waals surface area contributed by atoms with Crippen LogP contribution in [0.15, 0.2) is 12.3 Å². The second-order valence-corrected chi connectivity index (χ2v) is 8.06. The van der Waals surface area contributed by atoms with Crippen LogP contribution < -0.4 is 0 Å². The van der Waals surface area contributed by atoms with Crippen molar-refractivity contribution in [1.82, 2.24) is 14.9 Å². The van der Waals surface area contributed by atoms with E-state index in [2.05, 4.69) is 43.7 Å². The Morgan fingerprint density at radius 1 is 1.45 bits per heavy atom. The Morgan fingerprint density at radius 3 is 2.86 bits per heavy atom. The van der Waals surface area contributed by atoms with E-state index in [-0.39, 0.29) is 11.8 Å². The number of carbonyl (C=O) groups is 1. The van der Waals surface area contributed by atoms with Gasteiger partial charge in [0.1, 0.15) is 5.82 Å². The zero-order valence-corrected chi connectivity index (χ0v) is 14.5. The molecule has 1 aliphatic rings. The number of rotatable bonds is 4. The maximum absolute atomic E-state index is 12.1. The summed E-state index contributed by atoms with van der Waals surface area (Å²) in [4.78, 5) is 24.7. The van der Waals surface area contributed by atoms with Gasteiger partial charge in [0.15, 0.2) is 0 Å². The van der Waals surface area contributed by atoms with E-state index in [1.54, 1.807) is 11.3 Å². The van der Waals surface area contributed by atoms with Gasteiger partial charge in [-0.3, -0.25) is 4.79 Å². The minimum atomic E-state index is 0.194. The summed E-state index contributed by atoms with van der Waals surface area (Å²) in [5, 5.41) is 0. The van der Waals surface area contributed by atoms with Crippen molar-refractivity contribution in [2.45, 2.75) is 40.0 Å². The smallest absolute Gasteiger partial charge is 0.223 e. The number of likely N-dealkylation sites (tertiary alicyclic amines) is 1. The fraction of sp³-hybridized carbons (Fsp3) is 0.529. The highest BCUT2D eigenvalue weighted by Crippen LogP contribution is 2.32. The Balaban J connectivity index is 1.77. The van der Waals surface area contributed by atoms with Crippen LogP contribution in [0.1, 0.15) is 41.8 Å². The highest BCUT2D eigenvalue weighted by atomic mass is 32.1. The molecule has 1 saturated heterocycles. The number of aromatic nitrogens is 2. The Labute approximate surface area is 135 Å². The molecule has 1 atom stereocenters. The molecule has 1 fully saturated rings. The van der Waals surface area contributed by atoms with Gasteiger partial charge >= 0.3 is 0 Å². The molecule has 118 valence electrons. The number of nitrogens with one attached hydrogen (secondary N) is 1. The molecule has 1 aliphatic heterocycles. The van der Waals surface area contributed by atoms with Crippen LogP contribution in [0.3, 0.4) is 0 Å². The molecule has 0 saturated carbocycles. The number of amides is 1. The van der Waals surface area contributed by atoms with Crippen molar-refractivity contribution in [3.63, 3.8) is 0 Å². The van der Waals surface area contributed by atoms with Crippen molar-refractivity contribution in [1.29, 1.82) is 0 Å². The molecule has 2 aromatic rings. The SMILES string of the molecule is Cc1cc(-c2cnc([C@@H]3CC(=O)N(CC(C)C)C3)[nH]2)c(C)s1. The van der Waals surface area contributed by atoms with E-state index in [9.17, 15) is 4.79 Å². The van der Waals surface area contributed by atoms with Crippen molar-refractivity contribution < 1.29 is 4.79 Å². The van der Waals surface area contributed by atoms with Crippen LogP contribution in [0.2, 0.25) is 0 Å². The molecule has 0 spiro atoms. The standard InChI is InChI=1S/C17H23N3OS/c1-10(2)8-20-9-13(6-16(20)21)17-18-7-15(19-17)14-5-11(3)22-12(14)4/h5,7,10,13H,6,8-9H2,1-4H3,(H,18,19)/t13-/m1/s1. The van der Waals surface area contributed by atoms with Crippen LogP contribution in [-0.2, 0) is 4.79 Å². The average molecular weight is 317 g/mol. The lowest BCUT2D eigenvalue weighted by Gasteiger charge is -2.18. The van der Waals surface area contributed by atoms with E-state index < -0.39 is 0 Å². The molecule has 22 heavy (non-hydrogen) atoms. The summed E-state index contributed by atoms with van der Waals surface area (Å²) in [7, 11) is 0. The van der Waals surface area contributed by atoms with Crippen molar-refractivity contribution in [2.24, 2.45) is 5.92 Å². The fourth-order valence-electron chi connectivity index (χ4n) is 3.15. The van der Waals surface area contributed by atoms with Crippen LogP contribution in [-0.4, -0.2) is 33.9 Å². The second kappa shape index (κ2) is 5.88. The molecule has 5 heteroatoms. The van der Waals surface area contributed by atoms with Crippen molar-refractivity contribution in [2.75, 3.05) is 13.1 Å². The summed E-state index contributed by atoms with van der Waals surface area (Å²) in [5.74, 6) is 1.89. The Hall–Kier alpha value is -1.62. The minimum absolute atomic E-state index is 0.194. The maximum atomic E-state index is 12.1.